The van der Waals surface area contributed by atoms with E-state index >= 15 is 4.39 Å². The summed E-state index contributed by atoms with van der Waals surface area (Å²) in [6.45, 7) is 0. The highest BCUT2D eigenvalue weighted by atomic mass is 35.5. The van der Waals surface area contributed by atoms with Crippen LogP contribution in [0.5, 0.6) is 0 Å². The number of nitrogens with zero attached hydrogens (tertiary/aromatic N) is 4. The first kappa shape index (κ1) is 18.9. The molecule has 2 aliphatic rings. The van der Waals surface area contributed by atoms with Crippen LogP contribution in [0, 0.1) is 5.82 Å². The number of carbonyl (C=O) groups is 2. The Morgan fingerprint density at radius 3 is 2.79 bits per heavy atom. The van der Waals surface area contributed by atoms with Crippen LogP contribution in [0.2, 0.25) is 10.2 Å². The molecule has 1 amide bonds. The maximum atomic E-state index is 15.0. The third-order valence-electron chi connectivity index (χ3n) is 5.09. The molecule has 0 saturated carbocycles. The second-order valence-corrected chi connectivity index (χ2v) is 7.43. The average Bonchev–Trinajstić information content (AvgIpc) is 3.29. The Morgan fingerprint density at radius 1 is 1.32 bits per heavy atom. The number of methoxy groups -OCH3 is 1. The maximum Gasteiger partial charge on any atom is 0.328 e. The first-order valence-electron chi connectivity index (χ1n) is 8.58. The fourth-order valence-electron chi connectivity index (χ4n) is 3.89. The lowest BCUT2D eigenvalue weighted by Crippen LogP contribution is -2.46. The van der Waals surface area contributed by atoms with E-state index < -0.39 is 17.8 Å². The Hall–Kier alpha value is -2.45. The molecule has 4 rings (SSSR count). The van der Waals surface area contributed by atoms with Gasteiger partial charge in [-0.05, 0) is 37.0 Å². The smallest absolute Gasteiger partial charge is 0.328 e. The molecule has 1 aromatic carbocycles. The molecule has 1 aromatic heterocycles. The van der Waals surface area contributed by atoms with E-state index in [1.165, 1.54) is 35.0 Å². The number of carbonyl (C=O) groups excluding carboxylic acids is 2. The molecule has 0 spiro atoms. The lowest BCUT2D eigenvalue weighted by molar-refractivity contribution is -0.150. The van der Waals surface area contributed by atoms with E-state index in [-0.39, 0.29) is 27.7 Å². The van der Waals surface area contributed by atoms with Gasteiger partial charge in [-0.3, -0.25) is 4.79 Å². The van der Waals surface area contributed by atoms with Gasteiger partial charge in [0.05, 0.1) is 24.0 Å². The molecular formula is C18H15Cl2FN4O3. The molecule has 7 nitrogen and oxygen atoms in total. The van der Waals surface area contributed by atoms with Gasteiger partial charge in [0, 0.05) is 17.7 Å². The zero-order valence-electron chi connectivity index (χ0n) is 14.7. The number of amides is 1. The second-order valence-electron chi connectivity index (χ2n) is 6.63. The highest BCUT2D eigenvalue weighted by Gasteiger charge is 2.43. The molecule has 10 heteroatoms. The summed E-state index contributed by atoms with van der Waals surface area (Å²) >= 11 is 11.8. The molecule has 2 aliphatic heterocycles. The molecule has 0 N–H and O–H groups in total. The summed E-state index contributed by atoms with van der Waals surface area (Å²) in [5.74, 6) is -1.46. The molecule has 1 fully saturated rings. The average molecular weight is 425 g/mol. The number of aromatic nitrogens is 3. The topological polar surface area (TPSA) is 77.3 Å². The summed E-state index contributed by atoms with van der Waals surface area (Å²) in [4.78, 5) is 26.2. The zero-order chi connectivity index (χ0) is 20.0. The summed E-state index contributed by atoms with van der Waals surface area (Å²) < 4.78 is 21.1. The Labute approximate surface area is 169 Å². The number of halogens is 3. The van der Waals surface area contributed by atoms with Crippen molar-refractivity contribution >= 4 is 40.7 Å². The van der Waals surface area contributed by atoms with Crippen molar-refractivity contribution in [3.8, 4) is 5.69 Å². The van der Waals surface area contributed by atoms with Gasteiger partial charge in [-0.2, -0.15) is 0 Å². The van der Waals surface area contributed by atoms with Gasteiger partial charge >= 0.3 is 5.97 Å². The number of rotatable bonds is 3. The Balaban J connectivity index is 1.78. The van der Waals surface area contributed by atoms with E-state index in [9.17, 15) is 9.59 Å². The van der Waals surface area contributed by atoms with Crippen LogP contribution in [-0.2, 0) is 14.3 Å². The van der Waals surface area contributed by atoms with E-state index in [1.807, 2.05) is 0 Å². The minimum Gasteiger partial charge on any atom is -0.467 e. The molecule has 3 heterocycles. The highest BCUT2D eigenvalue weighted by molar-refractivity contribution is 6.31. The molecular weight excluding hydrogens is 410 g/mol. The molecule has 2 aromatic rings. The van der Waals surface area contributed by atoms with Crippen LogP contribution < -0.4 is 0 Å². The van der Waals surface area contributed by atoms with Crippen molar-refractivity contribution in [2.24, 2.45) is 0 Å². The minimum atomic E-state index is -0.652. The summed E-state index contributed by atoms with van der Waals surface area (Å²) in [7, 11) is 1.29. The summed E-state index contributed by atoms with van der Waals surface area (Å²) in [6, 6.07) is 2.17. The first-order valence-corrected chi connectivity index (χ1v) is 9.33. The van der Waals surface area contributed by atoms with Crippen LogP contribution in [0.1, 0.15) is 24.8 Å². The van der Waals surface area contributed by atoms with Gasteiger partial charge in [-0.1, -0.05) is 28.4 Å². The monoisotopic (exact) mass is 424 g/mol. The largest absolute Gasteiger partial charge is 0.467 e. The van der Waals surface area contributed by atoms with Gasteiger partial charge in [-0.15, -0.1) is 5.10 Å². The predicted molar refractivity (Wildman–Crippen MR) is 99.6 cm³/mol. The minimum absolute atomic E-state index is 0.0698. The maximum absolute atomic E-state index is 15.0. The number of benzene rings is 1. The molecule has 1 saturated heterocycles. The zero-order valence-corrected chi connectivity index (χ0v) is 16.2. The van der Waals surface area contributed by atoms with Crippen molar-refractivity contribution in [1.82, 2.24) is 19.9 Å². The standard InChI is InChI=1S/C18H15Cl2FN4O3/c1-28-18(27)13-4-2-10-6-9(7-15(26)25(10)13)16-12(5-3-11(19)17(16)21)24-8-14(20)22-23-24/h3,5,7-8,10,13H,2,4,6H2,1H3/t10?,13-/m0/s1. The van der Waals surface area contributed by atoms with Crippen molar-refractivity contribution < 1.29 is 18.7 Å². The summed E-state index contributed by atoms with van der Waals surface area (Å²) in [5.41, 5.74) is 1.03. The molecule has 1 unspecified atom stereocenters. The van der Waals surface area contributed by atoms with E-state index in [2.05, 4.69) is 10.3 Å². The number of hydrogen-bond acceptors (Lipinski definition) is 5. The third kappa shape index (κ3) is 3.06. The molecule has 28 heavy (non-hydrogen) atoms. The van der Waals surface area contributed by atoms with Gasteiger partial charge in [0.25, 0.3) is 0 Å². The lowest BCUT2D eigenvalue weighted by atomic mass is 9.92. The summed E-state index contributed by atoms with van der Waals surface area (Å²) in [5, 5.41) is 7.68. The van der Waals surface area contributed by atoms with E-state index in [1.54, 1.807) is 6.07 Å². The van der Waals surface area contributed by atoms with Crippen molar-refractivity contribution in [2.75, 3.05) is 7.11 Å². The Morgan fingerprint density at radius 2 is 2.11 bits per heavy atom. The van der Waals surface area contributed by atoms with Gasteiger partial charge in [0.1, 0.15) is 6.04 Å². The quantitative estimate of drug-likeness (QED) is 0.707. The highest BCUT2D eigenvalue weighted by Crippen LogP contribution is 2.40. The molecule has 0 radical (unpaired) electrons. The third-order valence-corrected chi connectivity index (χ3v) is 5.55. The fraction of sp³-hybridized carbons (Fsp3) is 0.333. The van der Waals surface area contributed by atoms with Crippen molar-refractivity contribution in [3.63, 3.8) is 0 Å². The van der Waals surface area contributed by atoms with Crippen LogP contribution in [0.15, 0.2) is 24.4 Å². The van der Waals surface area contributed by atoms with Crippen molar-refractivity contribution in [2.45, 2.75) is 31.3 Å². The second kappa shape index (κ2) is 7.18. The fourth-order valence-corrected chi connectivity index (χ4v) is 4.18. The van der Waals surface area contributed by atoms with Gasteiger partial charge in [-0.25, -0.2) is 13.9 Å². The Bertz CT molecular complexity index is 1010. The van der Waals surface area contributed by atoms with Crippen LogP contribution in [0.25, 0.3) is 11.3 Å². The van der Waals surface area contributed by atoms with E-state index in [4.69, 9.17) is 27.9 Å². The van der Waals surface area contributed by atoms with Crippen molar-refractivity contribution in [1.29, 1.82) is 0 Å². The number of fused-ring (bicyclic) bond motifs is 1. The molecule has 146 valence electrons. The number of hydrogen-bond donors (Lipinski definition) is 0. The van der Waals surface area contributed by atoms with Crippen LogP contribution in [-0.4, -0.2) is 51.0 Å². The van der Waals surface area contributed by atoms with Crippen LogP contribution in [0.4, 0.5) is 4.39 Å². The number of ether oxygens (including phenoxy) is 1. The molecule has 2 atom stereocenters. The SMILES string of the molecule is COC(=O)[C@@H]1CCC2CC(c3c(-n4cc(Cl)nn4)ccc(Cl)c3F)=CC(=O)N21. The van der Waals surface area contributed by atoms with Crippen LogP contribution >= 0.6 is 23.2 Å². The van der Waals surface area contributed by atoms with Gasteiger partial charge in [0.2, 0.25) is 5.91 Å². The van der Waals surface area contributed by atoms with Gasteiger partial charge in [0.15, 0.2) is 11.0 Å². The lowest BCUT2D eigenvalue weighted by Gasteiger charge is -2.33. The Kier molecular flexibility index (Phi) is 4.84. The summed E-state index contributed by atoms with van der Waals surface area (Å²) in [6.07, 6.45) is 4.29. The first-order chi connectivity index (χ1) is 13.4. The molecule has 0 aliphatic carbocycles. The van der Waals surface area contributed by atoms with Crippen molar-refractivity contribution in [3.05, 3.63) is 46.0 Å². The van der Waals surface area contributed by atoms with Crippen LogP contribution in [0.3, 0.4) is 0 Å². The molecule has 0 bridgehead atoms. The predicted octanol–water partition coefficient (Wildman–Crippen LogP) is 3.03. The van der Waals surface area contributed by atoms with E-state index in [0.717, 1.165) is 0 Å². The number of esters is 1. The van der Waals surface area contributed by atoms with Gasteiger partial charge < -0.3 is 9.64 Å². The van der Waals surface area contributed by atoms with E-state index in [0.29, 0.717) is 30.5 Å². The normalized spacial score (nSPS) is 21.5.